The Morgan fingerprint density at radius 2 is 1.88 bits per heavy atom. The highest BCUT2D eigenvalue weighted by molar-refractivity contribution is 7.92. The van der Waals surface area contributed by atoms with E-state index in [1.165, 1.54) is 12.8 Å². The minimum absolute atomic E-state index is 0.426. The third-order valence-electron chi connectivity index (χ3n) is 5.39. The standard InChI is InChI=1S/C21H35NO3S/c1-5-14-25-15-9-18(2)26(23,24)20-8-6-7-19(16-20)17-22-12-10-21(3,4)11-13-22/h6-8,16,18H,5,9-15,17H2,1-4H3/t18-/m1/s1. The monoisotopic (exact) mass is 381 g/mol. The van der Waals surface area contributed by atoms with Crippen molar-refractivity contribution in [2.45, 2.75) is 70.1 Å². The first-order valence-corrected chi connectivity index (χ1v) is 11.4. The van der Waals surface area contributed by atoms with Crippen molar-refractivity contribution in [3.8, 4) is 0 Å². The fourth-order valence-corrected chi connectivity index (χ4v) is 4.73. The molecule has 0 N–H and O–H groups in total. The van der Waals surface area contributed by atoms with Gasteiger partial charge in [0.05, 0.1) is 10.1 Å². The van der Waals surface area contributed by atoms with E-state index in [1.54, 1.807) is 13.0 Å². The lowest BCUT2D eigenvalue weighted by molar-refractivity contribution is 0.127. The van der Waals surface area contributed by atoms with Crippen LogP contribution >= 0.6 is 0 Å². The number of hydrogen-bond donors (Lipinski definition) is 0. The van der Waals surface area contributed by atoms with Gasteiger partial charge in [-0.05, 0) is 68.8 Å². The van der Waals surface area contributed by atoms with Crippen LogP contribution in [0.3, 0.4) is 0 Å². The fraction of sp³-hybridized carbons (Fsp3) is 0.714. The van der Waals surface area contributed by atoms with Crippen molar-refractivity contribution < 1.29 is 13.2 Å². The van der Waals surface area contributed by atoms with Gasteiger partial charge in [0.1, 0.15) is 0 Å². The minimum atomic E-state index is -3.31. The van der Waals surface area contributed by atoms with Crippen LogP contribution < -0.4 is 0 Å². The predicted octanol–water partition coefficient (Wildman–Crippen LogP) is 4.29. The zero-order valence-electron chi connectivity index (χ0n) is 16.8. The largest absolute Gasteiger partial charge is 0.381 e. The normalized spacial score (nSPS) is 19.4. The quantitative estimate of drug-likeness (QED) is 0.599. The maximum absolute atomic E-state index is 12.9. The van der Waals surface area contributed by atoms with Crippen LogP contribution in [0, 0.1) is 5.41 Å². The Balaban J connectivity index is 1.98. The van der Waals surface area contributed by atoms with Crippen LogP contribution in [0.4, 0.5) is 0 Å². The summed E-state index contributed by atoms with van der Waals surface area (Å²) in [4.78, 5) is 2.87. The van der Waals surface area contributed by atoms with Crippen molar-refractivity contribution in [1.82, 2.24) is 4.90 Å². The third-order valence-corrected chi connectivity index (χ3v) is 7.60. The van der Waals surface area contributed by atoms with Crippen LogP contribution in [0.1, 0.15) is 58.9 Å². The summed E-state index contributed by atoms with van der Waals surface area (Å²) >= 11 is 0. The zero-order chi connectivity index (χ0) is 19.2. The summed E-state index contributed by atoms with van der Waals surface area (Å²) in [5, 5.41) is -0.426. The van der Waals surface area contributed by atoms with Crippen LogP contribution in [0.2, 0.25) is 0 Å². The molecule has 148 valence electrons. The molecule has 1 aliphatic heterocycles. The Morgan fingerprint density at radius 3 is 2.54 bits per heavy atom. The molecule has 0 aromatic heterocycles. The SMILES string of the molecule is CCCOCC[C@@H](C)S(=O)(=O)c1cccc(CN2CCC(C)(C)CC2)c1. The molecule has 1 atom stereocenters. The lowest BCUT2D eigenvalue weighted by Crippen LogP contribution is -2.36. The van der Waals surface area contributed by atoms with Gasteiger partial charge in [0, 0.05) is 19.8 Å². The van der Waals surface area contributed by atoms with Gasteiger partial charge in [-0.2, -0.15) is 0 Å². The fourth-order valence-electron chi connectivity index (χ4n) is 3.28. The number of nitrogens with zero attached hydrogens (tertiary/aromatic N) is 1. The number of benzene rings is 1. The first kappa shape index (κ1) is 21.4. The van der Waals surface area contributed by atoms with E-state index in [2.05, 4.69) is 25.7 Å². The van der Waals surface area contributed by atoms with E-state index in [9.17, 15) is 8.42 Å². The summed E-state index contributed by atoms with van der Waals surface area (Å²) in [6.07, 6.45) is 3.88. The van der Waals surface area contributed by atoms with E-state index in [-0.39, 0.29) is 0 Å². The lowest BCUT2D eigenvalue weighted by Gasteiger charge is -2.37. The third kappa shape index (κ3) is 6.07. The predicted molar refractivity (Wildman–Crippen MR) is 107 cm³/mol. The number of likely N-dealkylation sites (tertiary alicyclic amines) is 1. The first-order chi connectivity index (χ1) is 12.2. The highest BCUT2D eigenvalue weighted by Crippen LogP contribution is 2.30. The highest BCUT2D eigenvalue weighted by Gasteiger charge is 2.26. The van der Waals surface area contributed by atoms with Crippen molar-refractivity contribution >= 4 is 9.84 Å². The van der Waals surface area contributed by atoms with Crippen molar-refractivity contribution in [3.05, 3.63) is 29.8 Å². The average molecular weight is 382 g/mol. The molecule has 0 radical (unpaired) electrons. The zero-order valence-corrected chi connectivity index (χ0v) is 17.6. The maximum atomic E-state index is 12.9. The molecule has 1 aliphatic rings. The second-order valence-corrected chi connectivity index (χ2v) is 10.7. The van der Waals surface area contributed by atoms with Crippen molar-refractivity contribution in [3.63, 3.8) is 0 Å². The average Bonchev–Trinajstić information content (AvgIpc) is 2.60. The van der Waals surface area contributed by atoms with Crippen molar-refractivity contribution in [2.24, 2.45) is 5.41 Å². The topological polar surface area (TPSA) is 46.6 Å². The molecule has 26 heavy (non-hydrogen) atoms. The van der Waals surface area contributed by atoms with Crippen LogP contribution in [0.25, 0.3) is 0 Å². The Bertz CT molecular complexity index is 660. The maximum Gasteiger partial charge on any atom is 0.181 e. The Labute approximate surface area is 159 Å². The Hall–Kier alpha value is -0.910. The number of ether oxygens (including phenoxy) is 1. The van der Waals surface area contributed by atoms with Crippen LogP contribution in [0.5, 0.6) is 0 Å². The Morgan fingerprint density at radius 1 is 1.19 bits per heavy atom. The van der Waals surface area contributed by atoms with Gasteiger partial charge in [0.2, 0.25) is 0 Å². The van der Waals surface area contributed by atoms with Gasteiger partial charge in [0.25, 0.3) is 0 Å². The van der Waals surface area contributed by atoms with E-state index >= 15 is 0 Å². The number of sulfone groups is 1. The van der Waals surface area contributed by atoms with Gasteiger partial charge in [0.15, 0.2) is 9.84 Å². The molecule has 0 bridgehead atoms. The van der Waals surface area contributed by atoms with Gasteiger partial charge in [-0.1, -0.05) is 32.9 Å². The molecular weight excluding hydrogens is 346 g/mol. The van der Waals surface area contributed by atoms with Gasteiger partial charge >= 0.3 is 0 Å². The lowest BCUT2D eigenvalue weighted by atomic mass is 9.82. The van der Waals surface area contributed by atoms with E-state index in [4.69, 9.17) is 4.74 Å². The van der Waals surface area contributed by atoms with E-state index in [0.29, 0.717) is 29.9 Å². The molecule has 1 aromatic carbocycles. The molecule has 1 heterocycles. The molecule has 0 unspecified atom stereocenters. The van der Waals surface area contributed by atoms with Gasteiger partial charge < -0.3 is 4.74 Å². The molecule has 1 aromatic rings. The molecule has 2 rings (SSSR count). The summed E-state index contributed by atoms with van der Waals surface area (Å²) in [5.74, 6) is 0. The van der Waals surface area contributed by atoms with Crippen molar-refractivity contribution in [1.29, 1.82) is 0 Å². The second kappa shape index (κ2) is 9.34. The van der Waals surface area contributed by atoms with Crippen LogP contribution in [0.15, 0.2) is 29.2 Å². The summed E-state index contributed by atoms with van der Waals surface area (Å²) in [6, 6.07) is 7.49. The first-order valence-electron chi connectivity index (χ1n) is 9.87. The van der Waals surface area contributed by atoms with E-state index in [1.807, 2.05) is 18.2 Å². The summed E-state index contributed by atoms with van der Waals surface area (Å²) in [7, 11) is -3.31. The van der Waals surface area contributed by atoms with Crippen LogP contribution in [-0.2, 0) is 21.1 Å². The van der Waals surface area contributed by atoms with Gasteiger partial charge in [-0.15, -0.1) is 0 Å². The summed E-state index contributed by atoms with van der Waals surface area (Å²) < 4.78 is 31.2. The highest BCUT2D eigenvalue weighted by atomic mass is 32.2. The molecule has 0 spiro atoms. The van der Waals surface area contributed by atoms with E-state index in [0.717, 1.165) is 31.6 Å². The summed E-state index contributed by atoms with van der Waals surface area (Å²) in [6.45, 7) is 12.6. The molecule has 0 amide bonds. The smallest absolute Gasteiger partial charge is 0.181 e. The molecule has 1 fully saturated rings. The van der Waals surface area contributed by atoms with E-state index < -0.39 is 15.1 Å². The van der Waals surface area contributed by atoms with Crippen LogP contribution in [-0.4, -0.2) is 44.9 Å². The van der Waals surface area contributed by atoms with Gasteiger partial charge in [-0.25, -0.2) is 8.42 Å². The summed E-state index contributed by atoms with van der Waals surface area (Å²) in [5.41, 5.74) is 1.51. The molecule has 4 nitrogen and oxygen atoms in total. The molecule has 0 aliphatic carbocycles. The Kier molecular flexibility index (Phi) is 7.68. The molecule has 5 heteroatoms. The minimum Gasteiger partial charge on any atom is -0.381 e. The van der Waals surface area contributed by atoms with Gasteiger partial charge in [-0.3, -0.25) is 4.90 Å². The number of piperidine rings is 1. The molecule has 0 saturated carbocycles. The number of hydrogen-bond acceptors (Lipinski definition) is 4. The molecular formula is C21H35NO3S. The second-order valence-electron chi connectivity index (χ2n) is 8.34. The van der Waals surface area contributed by atoms with Crippen molar-refractivity contribution in [2.75, 3.05) is 26.3 Å². The molecule has 1 saturated heterocycles. The number of rotatable bonds is 9.